The lowest BCUT2D eigenvalue weighted by Gasteiger charge is -1.97. The first-order valence-electron chi connectivity index (χ1n) is 4.50. The largest absolute Gasteiger partial charge is 0.479 e. The van der Waals surface area contributed by atoms with Gasteiger partial charge in [-0.25, -0.2) is 14.5 Å². The van der Waals surface area contributed by atoms with Gasteiger partial charge < -0.3 is 9.84 Å². The van der Waals surface area contributed by atoms with Crippen LogP contribution in [0, 0.1) is 0 Å². The molecule has 0 amide bonds. The lowest BCUT2D eigenvalue weighted by atomic mass is 10.3. The van der Waals surface area contributed by atoms with Crippen LogP contribution in [0.1, 0.15) is 10.4 Å². The molecule has 0 bridgehead atoms. The Kier molecular flexibility index (Phi) is 2.55. The van der Waals surface area contributed by atoms with Crippen LogP contribution in [0.15, 0.2) is 30.6 Å². The van der Waals surface area contributed by atoms with Gasteiger partial charge in [0, 0.05) is 6.20 Å². The third-order valence-corrected chi connectivity index (χ3v) is 1.99. The van der Waals surface area contributed by atoms with E-state index >= 15 is 0 Å². The Bertz CT molecular complexity index is 507. The molecule has 0 fully saturated rings. The molecule has 0 saturated carbocycles. The third kappa shape index (κ3) is 1.72. The molecule has 0 spiro atoms. The fourth-order valence-electron chi connectivity index (χ4n) is 1.26. The highest BCUT2D eigenvalue weighted by atomic mass is 16.5. The van der Waals surface area contributed by atoms with Gasteiger partial charge >= 0.3 is 5.97 Å². The van der Waals surface area contributed by atoms with Crippen LogP contribution in [-0.2, 0) is 0 Å². The van der Waals surface area contributed by atoms with Gasteiger partial charge in [0.25, 0.3) is 0 Å². The number of carboxylic acid groups (broad SMARTS) is 1. The normalized spacial score (nSPS) is 10.1. The number of aromatic carboxylic acids is 1. The molecule has 0 aliphatic carbocycles. The lowest BCUT2D eigenvalue weighted by Crippen LogP contribution is -1.97. The van der Waals surface area contributed by atoms with Crippen molar-refractivity contribution in [3.05, 3.63) is 36.2 Å². The molecule has 0 atom stereocenters. The summed E-state index contributed by atoms with van der Waals surface area (Å²) < 4.78 is 6.23. The van der Waals surface area contributed by atoms with Crippen molar-refractivity contribution in [1.29, 1.82) is 0 Å². The van der Waals surface area contributed by atoms with Crippen molar-refractivity contribution in [2.24, 2.45) is 0 Å². The molecule has 0 radical (unpaired) electrons. The van der Waals surface area contributed by atoms with E-state index in [1.54, 1.807) is 24.4 Å². The Hall–Kier alpha value is -2.37. The number of pyridine rings is 1. The number of aromatic nitrogens is 3. The van der Waals surface area contributed by atoms with Gasteiger partial charge in [-0.2, -0.15) is 0 Å². The van der Waals surface area contributed by atoms with Crippen LogP contribution < -0.4 is 4.74 Å². The van der Waals surface area contributed by atoms with Crippen LogP contribution in [0.3, 0.4) is 0 Å². The van der Waals surface area contributed by atoms with E-state index in [1.807, 2.05) is 0 Å². The molecule has 2 heterocycles. The SMILES string of the molecule is COc1nn(-c2ccccn2)cc1C(=O)O. The Morgan fingerprint density at radius 1 is 1.50 bits per heavy atom. The second-order valence-electron chi connectivity index (χ2n) is 2.99. The zero-order valence-electron chi connectivity index (χ0n) is 8.49. The van der Waals surface area contributed by atoms with Crippen molar-refractivity contribution in [2.75, 3.05) is 7.11 Å². The highest BCUT2D eigenvalue weighted by Gasteiger charge is 2.16. The van der Waals surface area contributed by atoms with Gasteiger partial charge in [-0.15, -0.1) is 5.10 Å². The molecule has 2 aromatic rings. The summed E-state index contributed by atoms with van der Waals surface area (Å²) in [6, 6.07) is 5.28. The summed E-state index contributed by atoms with van der Waals surface area (Å²) in [7, 11) is 1.37. The Balaban J connectivity index is 2.48. The van der Waals surface area contributed by atoms with E-state index in [0.717, 1.165) is 0 Å². The molecule has 0 saturated heterocycles. The maximum atomic E-state index is 10.9. The molecule has 2 aromatic heterocycles. The van der Waals surface area contributed by atoms with Gasteiger partial charge in [0.1, 0.15) is 5.56 Å². The quantitative estimate of drug-likeness (QED) is 0.832. The highest BCUT2D eigenvalue weighted by Crippen LogP contribution is 2.17. The van der Waals surface area contributed by atoms with Crippen molar-refractivity contribution < 1.29 is 14.6 Å². The zero-order valence-corrected chi connectivity index (χ0v) is 8.49. The number of carboxylic acids is 1. The van der Waals surface area contributed by atoms with Crippen molar-refractivity contribution >= 4 is 5.97 Å². The van der Waals surface area contributed by atoms with Crippen LogP contribution in [0.4, 0.5) is 0 Å². The minimum absolute atomic E-state index is 0.00755. The molecule has 82 valence electrons. The van der Waals surface area contributed by atoms with Crippen LogP contribution in [0.2, 0.25) is 0 Å². The summed E-state index contributed by atoms with van der Waals surface area (Å²) in [5, 5.41) is 12.9. The molecule has 0 aromatic carbocycles. The third-order valence-electron chi connectivity index (χ3n) is 1.99. The summed E-state index contributed by atoms with van der Waals surface area (Å²) in [6.07, 6.45) is 2.97. The number of carbonyl (C=O) groups is 1. The van der Waals surface area contributed by atoms with E-state index in [9.17, 15) is 4.79 Å². The van der Waals surface area contributed by atoms with Crippen LogP contribution in [0.5, 0.6) is 5.88 Å². The minimum atomic E-state index is -1.08. The molecule has 6 heteroatoms. The first-order chi connectivity index (χ1) is 7.72. The van der Waals surface area contributed by atoms with Crippen LogP contribution in [0.25, 0.3) is 5.82 Å². The molecule has 0 unspecified atom stereocenters. The number of hydrogen-bond donors (Lipinski definition) is 1. The van der Waals surface area contributed by atoms with Gasteiger partial charge in [-0.3, -0.25) is 0 Å². The minimum Gasteiger partial charge on any atom is -0.479 e. The van der Waals surface area contributed by atoms with Crippen LogP contribution >= 0.6 is 0 Å². The van der Waals surface area contributed by atoms with E-state index in [1.165, 1.54) is 18.0 Å². The summed E-state index contributed by atoms with van der Waals surface area (Å²) in [5.41, 5.74) is 0.00755. The fraction of sp³-hybridized carbons (Fsp3) is 0.100. The molecule has 0 aliphatic rings. The zero-order chi connectivity index (χ0) is 11.5. The van der Waals surface area contributed by atoms with Crippen molar-refractivity contribution in [3.63, 3.8) is 0 Å². The number of methoxy groups -OCH3 is 1. The average molecular weight is 219 g/mol. The van der Waals surface area contributed by atoms with E-state index in [4.69, 9.17) is 9.84 Å². The molecule has 16 heavy (non-hydrogen) atoms. The lowest BCUT2D eigenvalue weighted by molar-refractivity contribution is 0.0693. The number of hydrogen-bond acceptors (Lipinski definition) is 4. The maximum absolute atomic E-state index is 10.9. The van der Waals surface area contributed by atoms with Gasteiger partial charge in [0.05, 0.1) is 13.3 Å². The summed E-state index contributed by atoms with van der Waals surface area (Å²) in [5.74, 6) is -0.481. The molecular weight excluding hydrogens is 210 g/mol. The first-order valence-corrected chi connectivity index (χ1v) is 4.50. The molecule has 2 rings (SSSR count). The molecule has 6 nitrogen and oxygen atoms in total. The molecular formula is C10H9N3O3. The summed E-state index contributed by atoms with van der Waals surface area (Å²) in [6.45, 7) is 0. The second-order valence-corrected chi connectivity index (χ2v) is 2.99. The number of rotatable bonds is 3. The standard InChI is InChI=1S/C10H9N3O3/c1-16-9-7(10(14)15)6-13(12-9)8-4-2-3-5-11-8/h2-6H,1H3,(H,14,15). The average Bonchev–Trinajstić information content (AvgIpc) is 2.74. The van der Waals surface area contributed by atoms with E-state index in [0.29, 0.717) is 5.82 Å². The topological polar surface area (TPSA) is 77.2 Å². The van der Waals surface area contributed by atoms with Gasteiger partial charge in [0.2, 0.25) is 5.88 Å². The van der Waals surface area contributed by atoms with E-state index < -0.39 is 5.97 Å². The van der Waals surface area contributed by atoms with Gasteiger partial charge in [0.15, 0.2) is 5.82 Å². The van der Waals surface area contributed by atoms with E-state index in [2.05, 4.69) is 10.1 Å². The van der Waals surface area contributed by atoms with E-state index in [-0.39, 0.29) is 11.4 Å². The van der Waals surface area contributed by atoms with Crippen LogP contribution in [-0.4, -0.2) is 33.0 Å². The maximum Gasteiger partial charge on any atom is 0.342 e. The number of ether oxygens (including phenoxy) is 1. The summed E-state index contributed by atoms with van der Waals surface area (Å²) >= 11 is 0. The smallest absolute Gasteiger partial charge is 0.342 e. The summed E-state index contributed by atoms with van der Waals surface area (Å²) in [4.78, 5) is 14.9. The Morgan fingerprint density at radius 3 is 2.81 bits per heavy atom. The predicted molar refractivity (Wildman–Crippen MR) is 54.9 cm³/mol. The van der Waals surface area contributed by atoms with Crippen molar-refractivity contribution in [3.8, 4) is 11.7 Å². The number of nitrogens with zero attached hydrogens (tertiary/aromatic N) is 3. The Morgan fingerprint density at radius 2 is 2.31 bits per heavy atom. The predicted octanol–water partition coefficient (Wildman–Crippen LogP) is 0.974. The fourth-order valence-corrected chi connectivity index (χ4v) is 1.26. The monoisotopic (exact) mass is 219 g/mol. The van der Waals surface area contributed by atoms with Crippen molar-refractivity contribution in [2.45, 2.75) is 0 Å². The van der Waals surface area contributed by atoms with Gasteiger partial charge in [-0.05, 0) is 12.1 Å². The van der Waals surface area contributed by atoms with Gasteiger partial charge in [-0.1, -0.05) is 6.07 Å². The molecule has 0 aliphatic heterocycles. The second kappa shape index (κ2) is 4.01. The van der Waals surface area contributed by atoms with Crippen molar-refractivity contribution in [1.82, 2.24) is 14.8 Å². The molecule has 1 N–H and O–H groups in total. The first kappa shape index (κ1) is 10.2. The Labute approximate surface area is 91.1 Å². The highest BCUT2D eigenvalue weighted by molar-refractivity contribution is 5.90.